The van der Waals surface area contributed by atoms with Crippen LogP contribution in [0.25, 0.3) is 22.3 Å². The number of anilines is 1. The number of halogens is 6. The highest BCUT2D eigenvalue weighted by atomic mass is 32.1. The van der Waals surface area contributed by atoms with E-state index in [1.54, 1.807) is 35.9 Å². The van der Waals surface area contributed by atoms with Gasteiger partial charge >= 0.3 is 0 Å². The van der Waals surface area contributed by atoms with E-state index >= 15 is 0 Å². The molecule has 288 valence electrons. The van der Waals surface area contributed by atoms with Gasteiger partial charge in [-0.15, -0.1) is 22.7 Å². The standard InChI is InChI=1S/C21H19F3N2S.C12H8F3N.C9H13NOS/c1-2-3-4-5-21-26-13-16(27-21)12-25-20-9-7-15(11-19(20)24)14-6-8-17(22)18(23)10-14;13-9-3-1-7(5-10(9)14)8-2-4-12(16)11(15)6-8;1-2-3-4-5-8-6-10-9(7-11)12-8/h6-13H,2-5H2,1H3;1-6H,16H2;6-7H,2-5H2,1H3. The Morgan fingerprint density at radius 3 is 1.69 bits per heavy atom. The van der Waals surface area contributed by atoms with Gasteiger partial charge < -0.3 is 5.73 Å². The van der Waals surface area contributed by atoms with Crippen molar-refractivity contribution in [3.8, 4) is 22.3 Å². The van der Waals surface area contributed by atoms with Gasteiger partial charge in [-0.2, -0.15) is 0 Å². The number of rotatable bonds is 13. The molecule has 0 amide bonds. The van der Waals surface area contributed by atoms with E-state index in [-0.39, 0.29) is 11.4 Å². The molecule has 0 atom stereocenters. The Bertz CT molecular complexity index is 2140. The number of aromatic nitrogens is 2. The maximum absolute atomic E-state index is 14.3. The van der Waals surface area contributed by atoms with Crippen molar-refractivity contribution in [1.82, 2.24) is 9.97 Å². The molecule has 6 rings (SSSR count). The van der Waals surface area contributed by atoms with Gasteiger partial charge in [-0.1, -0.05) is 63.8 Å². The van der Waals surface area contributed by atoms with Crippen LogP contribution in [0.1, 0.15) is 76.9 Å². The fourth-order valence-corrected chi connectivity index (χ4v) is 6.66. The fourth-order valence-electron chi connectivity index (χ4n) is 5.05. The van der Waals surface area contributed by atoms with Gasteiger partial charge in [-0.05, 0) is 96.5 Å². The van der Waals surface area contributed by atoms with Gasteiger partial charge in [0.15, 0.2) is 34.6 Å². The average Bonchev–Trinajstić information content (AvgIpc) is 3.85. The minimum atomic E-state index is -0.963. The minimum Gasteiger partial charge on any atom is -0.396 e. The number of hydrogen-bond donors (Lipinski definition) is 1. The Morgan fingerprint density at radius 1 is 0.618 bits per heavy atom. The number of aliphatic imine (C=N–C) groups is 1. The molecule has 0 aliphatic heterocycles. The Morgan fingerprint density at radius 2 is 1.16 bits per heavy atom. The number of hydrogen-bond acceptors (Lipinski definition) is 7. The molecule has 2 N–H and O–H groups in total. The second kappa shape index (κ2) is 21.7. The summed E-state index contributed by atoms with van der Waals surface area (Å²) in [7, 11) is 0. The summed E-state index contributed by atoms with van der Waals surface area (Å²) in [4.78, 5) is 24.9. The molecule has 0 fully saturated rings. The van der Waals surface area contributed by atoms with Crippen LogP contribution in [0.15, 0.2) is 90.2 Å². The third-order valence-electron chi connectivity index (χ3n) is 8.05. The van der Waals surface area contributed by atoms with E-state index in [1.807, 2.05) is 6.20 Å². The number of carbonyl (C=O) groups is 1. The summed E-state index contributed by atoms with van der Waals surface area (Å²) in [6.07, 6.45) is 15.1. The summed E-state index contributed by atoms with van der Waals surface area (Å²) in [5.41, 5.74) is 7.23. The Kier molecular flexibility index (Phi) is 16.8. The molecule has 6 aromatic rings. The van der Waals surface area contributed by atoms with Gasteiger partial charge in [-0.3, -0.25) is 9.79 Å². The van der Waals surface area contributed by atoms with Crippen molar-refractivity contribution in [2.45, 2.75) is 65.2 Å². The molecule has 0 aliphatic carbocycles. The first-order chi connectivity index (χ1) is 26.5. The van der Waals surface area contributed by atoms with Crippen LogP contribution in [0.4, 0.5) is 37.7 Å². The highest BCUT2D eigenvalue weighted by Gasteiger charge is 2.09. The minimum absolute atomic E-state index is 0.0198. The van der Waals surface area contributed by atoms with Crippen molar-refractivity contribution in [2.75, 3.05) is 5.73 Å². The number of unbranched alkanes of at least 4 members (excludes halogenated alkanes) is 4. The zero-order chi connectivity index (χ0) is 39.7. The molecule has 13 heteroatoms. The predicted octanol–water partition coefficient (Wildman–Crippen LogP) is 12.8. The van der Waals surface area contributed by atoms with Crippen LogP contribution in [0.5, 0.6) is 0 Å². The van der Waals surface area contributed by atoms with Crippen LogP contribution >= 0.6 is 22.7 Å². The van der Waals surface area contributed by atoms with Crippen LogP contribution in [0.3, 0.4) is 0 Å². The quantitative estimate of drug-likeness (QED) is 0.0415. The molecule has 5 nitrogen and oxygen atoms in total. The predicted molar refractivity (Wildman–Crippen MR) is 211 cm³/mol. The highest BCUT2D eigenvalue weighted by molar-refractivity contribution is 7.13. The summed E-state index contributed by atoms with van der Waals surface area (Å²) < 4.78 is 79.5. The lowest BCUT2D eigenvalue weighted by atomic mass is 10.0. The summed E-state index contributed by atoms with van der Waals surface area (Å²) in [5.74, 6) is -4.90. The topological polar surface area (TPSA) is 81.2 Å². The van der Waals surface area contributed by atoms with Crippen LogP contribution < -0.4 is 5.73 Å². The van der Waals surface area contributed by atoms with E-state index in [2.05, 4.69) is 28.8 Å². The number of aryl methyl sites for hydroxylation is 2. The van der Waals surface area contributed by atoms with Gasteiger partial charge in [0.05, 0.1) is 21.3 Å². The molecule has 0 radical (unpaired) electrons. The summed E-state index contributed by atoms with van der Waals surface area (Å²) in [6, 6.07) is 15.4. The Labute approximate surface area is 324 Å². The molecular formula is C42H40F6N4OS2. The lowest BCUT2D eigenvalue weighted by molar-refractivity contribution is 0.112. The largest absolute Gasteiger partial charge is 0.396 e. The Hall–Kier alpha value is -5.14. The zero-order valence-corrected chi connectivity index (χ0v) is 31.9. The van der Waals surface area contributed by atoms with Crippen molar-refractivity contribution in [1.29, 1.82) is 0 Å². The maximum atomic E-state index is 14.3. The molecule has 0 unspecified atom stereocenters. The van der Waals surface area contributed by atoms with Gasteiger partial charge in [0.25, 0.3) is 0 Å². The van der Waals surface area contributed by atoms with Crippen molar-refractivity contribution in [3.63, 3.8) is 0 Å². The first-order valence-corrected chi connectivity index (χ1v) is 19.3. The fraction of sp³-hybridized carbons (Fsp3) is 0.238. The normalized spacial score (nSPS) is 10.8. The van der Waals surface area contributed by atoms with Crippen LogP contribution in [-0.2, 0) is 12.8 Å². The molecular weight excluding hydrogens is 755 g/mol. The van der Waals surface area contributed by atoms with Crippen molar-refractivity contribution in [3.05, 3.63) is 140 Å². The first kappa shape index (κ1) is 42.6. The highest BCUT2D eigenvalue weighted by Crippen LogP contribution is 2.28. The van der Waals surface area contributed by atoms with Crippen LogP contribution in [0.2, 0.25) is 0 Å². The summed E-state index contributed by atoms with van der Waals surface area (Å²) >= 11 is 3.06. The van der Waals surface area contributed by atoms with Crippen LogP contribution in [-0.4, -0.2) is 22.5 Å². The van der Waals surface area contributed by atoms with E-state index in [0.29, 0.717) is 27.3 Å². The van der Waals surface area contributed by atoms with Gasteiger partial charge in [-0.25, -0.2) is 36.3 Å². The number of nitrogens with zero attached hydrogens (tertiary/aromatic N) is 3. The lowest BCUT2D eigenvalue weighted by Crippen LogP contribution is -1.91. The van der Waals surface area contributed by atoms with Crippen molar-refractivity contribution >= 4 is 46.5 Å². The number of nitrogens with two attached hydrogens (primary N) is 1. The summed E-state index contributed by atoms with van der Waals surface area (Å²) in [5, 5.41) is 1.65. The molecule has 4 aromatic carbocycles. The first-order valence-electron chi connectivity index (χ1n) is 17.6. The number of carbonyl (C=O) groups excluding carboxylic acids is 1. The maximum Gasteiger partial charge on any atom is 0.178 e. The number of nitrogen functional groups attached to an aromatic ring is 1. The third-order valence-corrected chi connectivity index (χ3v) is 10.0. The lowest BCUT2D eigenvalue weighted by Gasteiger charge is -2.04. The molecule has 0 saturated heterocycles. The average molecular weight is 795 g/mol. The molecule has 0 bridgehead atoms. The smallest absolute Gasteiger partial charge is 0.178 e. The second-order valence-corrected chi connectivity index (χ2v) is 14.6. The molecule has 55 heavy (non-hydrogen) atoms. The molecule has 0 aliphatic rings. The van der Waals surface area contributed by atoms with Gasteiger partial charge in [0.1, 0.15) is 11.6 Å². The van der Waals surface area contributed by atoms with E-state index < -0.39 is 34.9 Å². The second-order valence-electron chi connectivity index (χ2n) is 12.3. The molecule has 2 heterocycles. The monoisotopic (exact) mass is 794 g/mol. The van der Waals surface area contributed by atoms with E-state index in [4.69, 9.17) is 5.73 Å². The summed E-state index contributed by atoms with van der Waals surface area (Å²) in [6.45, 7) is 4.34. The van der Waals surface area contributed by atoms with Crippen LogP contribution in [0, 0.1) is 34.9 Å². The zero-order valence-electron chi connectivity index (χ0n) is 30.3. The Balaban J connectivity index is 0.000000203. The number of thiazole rings is 2. The van der Waals surface area contributed by atoms with Crippen molar-refractivity contribution < 1.29 is 31.1 Å². The van der Waals surface area contributed by atoms with Gasteiger partial charge in [0, 0.05) is 23.5 Å². The van der Waals surface area contributed by atoms with E-state index in [0.717, 1.165) is 59.7 Å². The molecule has 0 saturated carbocycles. The molecule has 2 aromatic heterocycles. The van der Waals surface area contributed by atoms with E-state index in [1.165, 1.54) is 84.7 Å². The number of benzene rings is 4. The molecule has 0 spiro atoms. The van der Waals surface area contributed by atoms with Crippen molar-refractivity contribution in [2.24, 2.45) is 4.99 Å². The number of aldehydes is 1. The van der Waals surface area contributed by atoms with Gasteiger partial charge in [0.2, 0.25) is 0 Å². The third kappa shape index (κ3) is 13.3. The van der Waals surface area contributed by atoms with E-state index in [9.17, 15) is 31.1 Å². The SMILES string of the molecule is CCCCCc1cnc(C=O)s1.CCCCCc1ncc(C=Nc2ccc(-c3ccc(F)c(F)c3)cc2F)s1.Nc1ccc(-c2ccc(F)c(F)c2)cc1F.